The summed E-state index contributed by atoms with van der Waals surface area (Å²) in [5.74, 6) is 0. The molecule has 0 amide bonds. The molecule has 2 aromatic rings. The molecule has 0 bridgehead atoms. The Labute approximate surface area is 117 Å². The summed E-state index contributed by atoms with van der Waals surface area (Å²) >= 11 is 13.0. The number of nitrogens with zero attached hydrogens (tertiary/aromatic N) is 2. The molecular weight excluding hydrogens is 297 g/mol. The van der Waals surface area contributed by atoms with Crippen molar-refractivity contribution in [3.63, 3.8) is 0 Å². The molecule has 2 rings (SSSR count). The predicted octanol–water partition coefficient (Wildman–Crippen LogP) is 3.97. The van der Waals surface area contributed by atoms with Gasteiger partial charge in [0.2, 0.25) is 0 Å². The van der Waals surface area contributed by atoms with Crippen LogP contribution < -0.4 is 5.32 Å². The van der Waals surface area contributed by atoms with E-state index in [1.807, 2.05) is 0 Å². The van der Waals surface area contributed by atoms with Gasteiger partial charge in [-0.2, -0.15) is 0 Å². The van der Waals surface area contributed by atoms with E-state index in [9.17, 15) is 10.1 Å². The van der Waals surface area contributed by atoms with E-state index in [1.165, 1.54) is 29.5 Å². The quantitative estimate of drug-likeness (QED) is 0.685. The molecule has 0 atom stereocenters. The highest BCUT2D eigenvalue weighted by atomic mass is 35.5. The molecule has 1 N–H and O–H groups in total. The van der Waals surface area contributed by atoms with Gasteiger partial charge < -0.3 is 5.32 Å². The molecule has 0 saturated carbocycles. The van der Waals surface area contributed by atoms with E-state index in [-0.39, 0.29) is 5.69 Å². The van der Waals surface area contributed by atoms with Crippen molar-refractivity contribution in [3.8, 4) is 0 Å². The van der Waals surface area contributed by atoms with E-state index in [0.29, 0.717) is 21.6 Å². The van der Waals surface area contributed by atoms with Gasteiger partial charge in [-0.05, 0) is 6.07 Å². The van der Waals surface area contributed by atoms with Crippen molar-refractivity contribution in [1.82, 2.24) is 4.98 Å². The monoisotopic (exact) mass is 303 g/mol. The van der Waals surface area contributed by atoms with E-state index in [1.54, 1.807) is 6.20 Å². The number of anilines is 1. The number of hydrogen-bond donors (Lipinski definition) is 1. The summed E-state index contributed by atoms with van der Waals surface area (Å²) in [7, 11) is 0. The van der Waals surface area contributed by atoms with Crippen LogP contribution in [0.2, 0.25) is 9.36 Å². The Balaban J connectivity index is 2.13. The fourth-order valence-electron chi connectivity index (χ4n) is 1.30. The Bertz CT molecular complexity index is 588. The van der Waals surface area contributed by atoms with Crippen molar-refractivity contribution in [1.29, 1.82) is 0 Å². The summed E-state index contributed by atoms with van der Waals surface area (Å²) in [6, 6.07) is 4.22. The maximum atomic E-state index is 10.6. The van der Waals surface area contributed by atoms with E-state index in [0.717, 1.165) is 5.01 Å². The van der Waals surface area contributed by atoms with Crippen LogP contribution in [0.4, 0.5) is 11.4 Å². The lowest BCUT2D eigenvalue weighted by molar-refractivity contribution is -0.384. The average Bonchev–Trinajstić information content (AvgIpc) is 2.74. The second-order valence-corrected chi connectivity index (χ2v) is 5.49. The van der Waals surface area contributed by atoms with Crippen LogP contribution in [0, 0.1) is 10.1 Å². The molecule has 0 spiro atoms. The smallest absolute Gasteiger partial charge is 0.271 e. The molecule has 18 heavy (non-hydrogen) atoms. The van der Waals surface area contributed by atoms with Gasteiger partial charge in [0.05, 0.1) is 28.4 Å². The van der Waals surface area contributed by atoms with Gasteiger partial charge in [-0.25, -0.2) is 4.98 Å². The number of non-ortho nitro benzene ring substituents is 1. The molecule has 0 fully saturated rings. The standard InChI is InChI=1S/C10H7Cl2N3O2S/c11-7-2-1-6(15(16)17)3-8(7)13-5-10-14-4-9(12)18-10/h1-4,13H,5H2. The number of hydrogen-bond acceptors (Lipinski definition) is 5. The highest BCUT2D eigenvalue weighted by Crippen LogP contribution is 2.27. The molecule has 94 valence electrons. The van der Waals surface area contributed by atoms with Gasteiger partial charge in [-0.3, -0.25) is 10.1 Å². The van der Waals surface area contributed by atoms with Gasteiger partial charge >= 0.3 is 0 Å². The summed E-state index contributed by atoms with van der Waals surface area (Å²) in [4.78, 5) is 14.2. The molecule has 0 aliphatic heterocycles. The largest absolute Gasteiger partial charge is 0.377 e. The van der Waals surface area contributed by atoms with Crippen LogP contribution in [0.15, 0.2) is 24.4 Å². The van der Waals surface area contributed by atoms with Gasteiger partial charge in [-0.1, -0.05) is 23.2 Å². The van der Waals surface area contributed by atoms with Crippen molar-refractivity contribution < 1.29 is 4.92 Å². The third-order valence-corrected chi connectivity index (χ3v) is 3.56. The summed E-state index contributed by atoms with van der Waals surface area (Å²) in [5.41, 5.74) is 0.483. The average molecular weight is 304 g/mol. The van der Waals surface area contributed by atoms with E-state index < -0.39 is 4.92 Å². The van der Waals surface area contributed by atoms with Crippen molar-refractivity contribution in [2.24, 2.45) is 0 Å². The molecule has 0 saturated heterocycles. The number of rotatable bonds is 4. The van der Waals surface area contributed by atoms with E-state index >= 15 is 0 Å². The molecular formula is C10H7Cl2N3O2S. The SMILES string of the molecule is O=[N+]([O-])c1ccc(Cl)c(NCc2ncc(Cl)s2)c1. The van der Waals surface area contributed by atoms with Crippen LogP contribution in [-0.4, -0.2) is 9.91 Å². The Hall–Kier alpha value is -1.37. The van der Waals surface area contributed by atoms with Gasteiger partial charge in [0, 0.05) is 12.1 Å². The highest BCUT2D eigenvalue weighted by Gasteiger charge is 2.10. The summed E-state index contributed by atoms with van der Waals surface area (Å²) in [6.07, 6.45) is 1.55. The lowest BCUT2D eigenvalue weighted by Crippen LogP contribution is -2.00. The van der Waals surface area contributed by atoms with Crippen LogP contribution in [0.5, 0.6) is 0 Å². The Morgan fingerprint density at radius 3 is 2.83 bits per heavy atom. The zero-order valence-electron chi connectivity index (χ0n) is 8.89. The molecule has 1 aromatic heterocycles. The topological polar surface area (TPSA) is 68.1 Å². The number of benzene rings is 1. The first-order valence-electron chi connectivity index (χ1n) is 4.84. The molecule has 1 heterocycles. The lowest BCUT2D eigenvalue weighted by atomic mass is 10.3. The second kappa shape index (κ2) is 5.51. The Kier molecular flexibility index (Phi) is 4.00. The summed E-state index contributed by atoms with van der Waals surface area (Å²) < 4.78 is 0.594. The Morgan fingerprint density at radius 1 is 1.44 bits per heavy atom. The minimum atomic E-state index is -0.470. The number of nitro benzene ring substituents is 1. The number of nitrogens with one attached hydrogen (secondary N) is 1. The molecule has 8 heteroatoms. The van der Waals surface area contributed by atoms with Crippen molar-refractivity contribution >= 4 is 45.9 Å². The summed E-state index contributed by atoms with van der Waals surface area (Å²) in [5, 5.41) is 14.8. The second-order valence-electron chi connectivity index (χ2n) is 3.33. The number of nitro groups is 1. The third-order valence-electron chi connectivity index (χ3n) is 2.12. The molecule has 1 aromatic carbocycles. The van der Waals surface area contributed by atoms with Gasteiger partial charge in [0.25, 0.3) is 5.69 Å². The van der Waals surface area contributed by atoms with Gasteiger partial charge in [0.15, 0.2) is 0 Å². The van der Waals surface area contributed by atoms with Crippen LogP contribution in [0.25, 0.3) is 0 Å². The van der Waals surface area contributed by atoms with Gasteiger partial charge in [0.1, 0.15) is 9.34 Å². The minimum Gasteiger partial charge on any atom is -0.377 e. The normalized spacial score (nSPS) is 10.3. The maximum Gasteiger partial charge on any atom is 0.271 e. The van der Waals surface area contributed by atoms with Crippen LogP contribution in [-0.2, 0) is 6.54 Å². The van der Waals surface area contributed by atoms with Crippen LogP contribution >= 0.6 is 34.5 Å². The fraction of sp³-hybridized carbons (Fsp3) is 0.100. The maximum absolute atomic E-state index is 10.6. The minimum absolute atomic E-state index is 0.0147. The molecule has 0 unspecified atom stereocenters. The number of thiazole rings is 1. The Morgan fingerprint density at radius 2 is 2.22 bits per heavy atom. The molecule has 0 aliphatic carbocycles. The first kappa shape index (κ1) is 13.1. The number of aromatic nitrogens is 1. The third kappa shape index (κ3) is 3.10. The molecule has 0 radical (unpaired) electrons. The zero-order chi connectivity index (χ0) is 13.1. The number of halogens is 2. The van der Waals surface area contributed by atoms with Gasteiger partial charge in [-0.15, -0.1) is 11.3 Å². The predicted molar refractivity (Wildman–Crippen MR) is 72.6 cm³/mol. The first-order chi connectivity index (χ1) is 8.56. The lowest BCUT2D eigenvalue weighted by Gasteiger charge is -2.06. The van der Waals surface area contributed by atoms with Crippen molar-refractivity contribution in [2.45, 2.75) is 6.54 Å². The van der Waals surface area contributed by atoms with Crippen LogP contribution in [0.3, 0.4) is 0 Å². The first-order valence-corrected chi connectivity index (χ1v) is 6.41. The zero-order valence-corrected chi connectivity index (χ0v) is 11.2. The van der Waals surface area contributed by atoms with E-state index in [4.69, 9.17) is 23.2 Å². The van der Waals surface area contributed by atoms with Crippen LogP contribution in [0.1, 0.15) is 5.01 Å². The molecule has 5 nitrogen and oxygen atoms in total. The van der Waals surface area contributed by atoms with Crippen molar-refractivity contribution in [2.75, 3.05) is 5.32 Å². The summed E-state index contributed by atoms with van der Waals surface area (Å²) in [6.45, 7) is 0.415. The molecule has 0 aliphatic rings. The fourth-order valence-corrected chi connectivity index (χ4v) is 2.38. The van der Waals surface area contributed by atoms with E-state index in [2.05, 4.69) is 10.3 Å². The highest BCUT2D eigenvalue weighted by molar-refractivity contribution is 7.15. The van der Waals surface area contributed by atoms with Crippen molar-refractivity contribution in [3.05, 3.63) is 48.9 Å².